The third-order valence-electron chi connectivity index (χ3n) is 5.52. The highest BCUT2D eigenvalue weighted by molar-refractivity contribution is 5.56. The molecule has 1 fully saturated rings. The zero-order chi connectivity index (χ0) is 18.2. The molecule has 27 heavy (non-hydrogen) atoms. The fraction of sp³-hybridized carbons (Fsp3) is 0.400. The largest absolute Gasteiger partial charge is 0.298 e. The van der Waals surface area contributed by atoms with Crippen LogP contribution < -0.4 is 5.56 Å². The number of aromatic nitrogens is 5. The SMILES string of the molecule is O=c1ccc(-c2ccncc2)nn1CC1CN(Cc2cnn3c2CCC3)C1. The van der Waals surface area contributed by atoms with Crippen molar-refractivity contribution in [2.45, 2.75) is 32.5 Å². The van der Waals surface area contributed by atoms with E-state index in [0.717, 1.165) is 43.9 Å². The molecule has 2 aliphatic heterocycles. The summed E-state index contributed by atoms with van der Waals surface area (Å²) in [5, 5.41) is 9.03. The lowest BCUT2D eigenvalue weighted by Crippen LogP contribution is -2.48. The van der Waals surface area contributed by atoms with Crippen molar-refractivity contribution in [1.82, 2.24) is 29.4 Å². The molecule has 0 amide bonds. The van der Waals surface area contributed by atoms with Gasteiger partial charge in [-0.1, -0.05) is 0 Å². The first kappa shape index (κ1) is 16.4. The van der Waals surface area contributed by atoms with Crippen molar-refractivity contribution in [3.05, 3.63) is 64.5 Å². The Morgan fingerprint density at radius 3 is 2.81 bits per heavy atom. The van der Waals surface area contributed by atoms with Crippen LogP contribution in [0, 0.1) is 5.92 Å². The number of fused-ring (bicyclic) bond motifs is 1. The van der Waals surface area contributed by atoms with Crippen LogP contribution in [0.2, 0.25) is 0 Å². The Labute approximate surface area is 157 Å². The number of likely N-dealkylation sites (tertiary alicyclic amines) is 1. The van der Waals surface area contributed by atoms with E-state index in [2.05, 4.69) is 24.8 Å². The normalized spacial score (nSPS) is 17.0. The highest BCUT2D eigenvalue weighted by Gasteiger charge is 2.29. The quantitative estimate of drug-likeness (QED) is 0.689. The van der Waals surface area contributed by atoms with Crippen LogP contribution in [0.5, 0.6) is 0 Å². The molecule has 138 valence electrons. The summed E-state index contributed by atoms with van der Waals surface area (Å²) < 4.78 is 3.75. The Morgan fingerprint density at radius 2 is 1.96 bits per heavy atom. The molecule has 0 N–H and O–H groups in total. The van der Waals surface area contributed by atoms with Crippen molar-refractivity contribution < 1.29 is 0 Å². The maximum absolute atomic E-state index is 12.2. The van der Waals surface area contributed by atoms with Gasteiger partial charge in [-0.05, 0) is 31.0 Å². The van der Waals surface area contributed by atoms with Crippen molar-refractivity contribution in [3.63, 3.8) is 0 Å². The molecule has 5 heterocycles. The van der Waals surface area contributed by atoms with Gasteiger partial charge in [0.25, 0.3) is 5.56 Å². The molecule has 3 aromatic heterocycles. The molecule has 0 spiro atoms. The third-order valence-corrected chi connectivity index (χ3v) is 5.52. The summed E-state index contributed by atoms with van der Waals surface area (Å²) in [5.41, 5.74) is 4.51. The zero-order valence-corrected chi connectivity index (χ0v) is 15.2. The van der Waals surface area contributed by atoms with Gasteiger partial charge in [0, 0.05) is 67.4 Å². The van der Waals surface area contributed by atoms with E-state index in [9.17, 15) is 4.79 Å². The van der Waals surface area contributed by atoms with Crippen LogP contribution in [0.15, 0.2) is 47.7 Å². The van der Waals surface area contributed by atoms with Gasteiger partial charge in [-0.25, -0.2) is 4.68 Å². The van der Waals surface area contributed by atoms with Crippen LogP contribution >= 0.6 is 0 Å². The second-order valence-electron chi connectivity index (χ2n) is 7.48. The first-order valence-corrected chi connectivity index (χ1v) is 9.51. The molecule has 1 saturated heterocycles. The van der Waals surface area contributed by atoms with E-state index in [-0.39, 0.29) is 5.56 Å². The van der Waals surface area contributed by atoms with E-state index in [1.807, 2.05) is 18.3 Å². The van der Waals surface area contributed by atoms with E-state index in [1.54, 1.807) is 29.2 Å². The summed E-state index contributed by atoms with van der Waals surface area (Å²) >= 11 is 0. The van der Waals surface area contributed by atoms with Crippen molar-refractivity contribution >= 4 is 0 Å². The highest BCUT2D eigenvalue weighted by Crippen LogP contribution is 2.24. The fourth-order valence-electron chi connectivity index (χ4n) is 4.12. The number of nitrogens with zero attached hydrogens (tertiary/aromatic N) is 6. The summed E-state index contributed by atoms with van der Waals surface area (Å²) in [4.78, 5) is 18.7. The lowest BCUT2D eigenvalue weighted by Gasteiger charge is -2.39. The average molecular weight is 362 g/mol. The van der Waals surface area contributed by atoms with E-state index < -0.39 is 0 Å². The number of rotatable bonds is 5. The molecular formula is C20H22N6O. The predicted molar refractivity (Wildman–Crippen MR) is 101 cm³/mol. The summed E-state index contributed by atoms with van der Waals surface area (Å²) in [7, 11) is 0. The lowest BCUT2D eigenvalue weighted by molar-refractivity contribution is 0.0765. The van der Waals surface area contributed by atoms with Crippen LogP contribution in [0.1, 0.15) is 17.7 Å². The van der Waals surface area contributed by atoms with Gasteiger partial charge < -0.3 is 0 Å². The van der Waals surface area contributed by atoms with Gasteiger partial charge in [-0.2, -0.15) is 10.2 Å². The minimum atomic E-state index is -0.0410. The Hall–Kier alpha value is -2.80. The highest BCUT2D eigenvalue weighted by atomic mass is 16.1. The number of pyridine rings is 1. The van der Waals surface area contributed by atoms with Crippen LogP contribution in [0.4, 0.5) is 0 Å². The second kappa shape index (κ2) is 6.74. The summed E-state index contributed by atoms with van der Waals surface area (Å²) in [6, 6.07) is 7.20. The standard InChI is InChI=1S/C20H22N6O/c27-20-4-3-18(16-5-7-21-8-6-16)23-26(20)13-15-11-24(12-15)14-17-10-22-25-9-1-2-19(17)25/h3-8,10,15H,1-2,9,11-14H2. The Kier molecular flexibility index (Phi) is 4.09. The third kappa shape index (κ3) is 3.19. The summed E-state index contributed by atoms with van der Waals surface area (Å²) in [6.45, 7) is 4.68. The van der Waals surface area contributed by atoms with E-state index in [1.165, 1.54) is 17.7 Å². The van der Waals surface area contributed by atoms with Gasteiger partial charge in [-0.15, -0.1) is 0 Å². The molecule has 2 aliphatic rings. The van der Waals surface area contributed by atoms with Crippen molar-refractivity contribution in [2.75, 3.05) is 13.1 Å². The molecule has 0 aliphatic carbocycles. The van der Waals surface area contributed by atoms with Gasteiger partial charge >= 0.3 is 0 Å². The van der Waals surface area contributed by atoms with Crippen molar-refractivity contribution in [1.29, 1.82) is 0 Å². The molecule has 5 rings (SSSR count). The molecule has 0 bridgehead atoms. The molecule has 7 nitrogen and oxygen atoms in total. The minimum absolute atomic E-state index is 0.0410. The molecule has 0 atom stereocenters. The number of aryl methyl sites for hydroxylation is 1. The predicted octanol–water partition coefficient (Wildman–Crippen LogP) is 1.58. The topological polar surface area (TPSA) is 68.8 Å². The smallest absolute Gasteiger partial charge is 0.266 e. The van der Waals surface area contributed by atoms with Gasteiger partial charge in [0.15, 0.2) is 0 Å². The first-order valence-electron chi connectivity index (χ1n) is 9.51. The van der Waals surface area contributed by atoms with Crippen LogP contribution in [0.25, 0.3) is 11.3 Å². The van der Waals surface area contributed by atoms with Crippen LogP contribution in [-0.2, 0) is 26.1 Å². The fourth-order valence-corrected chi connectivity index (χ4v) is 4.12. The monoisotopic (exact) mass is 362 g/mol. The van der Waals surface area contributed by atoms with E-state index in [0.29, 0.717) is 12.5 Å². The minimum Gasteiger partial charge on any atom is -0.298 e. The van der Waals surface area contributed by atoms with Gasteiger partial charge in [-0.3, -0.25) is 19.4 Å². The second-order valence-corrected chi connectivity index (χ2v) is 7.48. The molecule has 0 radical (unpaired) electrons. The van der Waals surface area contributed by atoms with Crippen molar-refractivity contribution in [2.24, 2.45) is 5.92 Å². The zero-order valence-electron chi connectivity index (χ0n) is 15.2. The maximum Gasteiger partial charge on any atom is 0.266 e. The molecule has 3 aromatic rings. The number of hydrogen-bond donors (Lipinski definition) is 0. The Morgan fingerprint density at radius 1 is 1.11 bits per heavy atom. The summed E-state index contributed by atoms with van der Waals surface area (Å²) in [6.07, 6.45) is 7.86. The van der Waals surface area contributed by atoms with Crippen LogP contribution in [0.3, 0.4) is 0 Å². The van der Waals surface area contributed by atoms with Gasteiger partial charge in [0.2, 0.25) is 0 Å². The molecular weight excluding hydrogens is 340 g/mol. The Balaban J connectivity index is 1.23. The molecule has 0 saturated carbocycles. The summed E-state index contributed by atoms with van der Waals surface area (Å²) in [5.74, 6) is 0.464. The van der Waals surface area contributed by atoms with Gasteiger partial charge in [0.1, 0.15) is 0 Å². The molecule has 7 heteroatoms. The lowest BCUT2D eigenvalue weighted by atomic mass is 9.99. The van der Waals surface area contributed by atoms with E-state index >= 15 is 0 Å². The first-order chi connectivity index (χ1) is 13.3. The molecule has 0 aromatic carbocycles. The average Bonchev–Trinajstić information content (AvgIpc) is 3.27. The Bertz CT molecular complexity index is 1000. The van der Waals surface area contributed by atoms with Crippen LogP contribution in [-0.4, -0.2) is 42.5 Å². The van der Waals surface area contributed by atoms with Gasteiger partial charge in [0.05, 0.1) is 18.4 Å². The van der Waals surface area contributed by atoms with E-state index in [4.69, 9.17) is 0 Å². The molecule has 0 unspecified atom stereocenters. The van der Waals surface area contributed by atoms with Crippen molar-refractivity contribution in [3.8, 4) is 11.3 Å². The maximum atomic E-state index is 12.2. The number of hydrogen-bond acceptors (Lipinski definition) is 5.